The SMILES string of the molecule is Fc1ccc(-c2nc(CSc3nnc4n3CCCCC4)cs2)cc1. The summed E-state index contributed by atoms with van der Waals surface area (Å²) in [5.74, 6) is 1.66. The summed E-state index contributed by atoms with van der Waals surface area (Å²) in [6.07, 6.45) is 4.69. The highest BCUT2D eigenvalue weighted by atomic mass is 32.2. The third kappa shape index (κ3) is 3.37. The summed E-state index contributed by atoms with van der Waals surface area (Å²) >= 11 is 3.28. The summed E-state index contributed by atoms with van der Waals surface area (Å²) in [5.41, 5.74) is 1.98. The third-order valence-electron chi connectivity index (χ3n) is 4.07. The number of halogens is 1. The molecule has 124 valence electrons. The topological polar surface area (TPSA) is 43.6 Å². The van der Waals surface area contributed by atoms with Gasteiger partial charge in [-0.15, -0.1) is 21.5 Å². The Morgan fingerprint density at radius 1 is 1.12 bits per heavy atom. The Bertz CT molecular complexity index is 825. The van der Waals surface area contributed by atoms with Crippen molar-refractivity contribution in [3.8, 4) is 10.6 Å². The molecule has 4 nitrogen and oxygen atoms in total. The predicted octanol–water partition coefficient (Wildman–Crippen LogP) is 4.56. The first-order valence-corrected chi connectivity index (χ1v) is 9.91. The first kappa shape index (κ1) is 15.8. The van der Waals surface area contributed by atoms with E-state index in [1.807, 2.05) is 0 Å². The molecule has 4 rings (SSSR count). The fraction of sp³-hybridized carbons (Fsp3) is 0.353. The zero-order valence-electron chi connectivity index (χ0n) is 13.1. The van der Waals surface area contributed by atoms with Crippen molar-refractivity contribution in [2.24, 2.45) is 0 Å². The lowest BCUT2D eigenvalue weighted by Crippen LogP contribution is -2.02. The van der Waals surface area contributed by atoms with E-state index in [2.05, 4.69) is 25.1 Å². The van der Waals surface area contributed by atoms with Gasteiger partial charge in [-0.3, -0.25) is 0 Å². The van der Waals surface area contributed by atoms with Crippen LogP contribution in [0.2, 0.25) is 0 Å². The van der Waals surface area contributed by atoms with Gasteiger partial charge in [0.05, 0.1) is 5.69 Å². The van der Waals surface area contributed by atoms with E-state index in [-0.39, 0.29) is 5.82 Å². The molecule has 0 amide bonds. The second-order valence-corrected chi connectivity index (χ2v) is 7.60. The summed E-state index contributed by atoms with van der Waals surface area (Å²) in [7, 11) is 0. The fourth-order valence-electron chi connectivity index (χ4n) is 2.80. The fourth-order valence-corrected chi connectivity index (χ4v) is 4.61. The molecule has 0 N–H and O–H groups in total. The molecule has 0 radical (unpaired) electrons. The summed E-state index contributed by atoms with van der Waals surface area (Å²) in [5, 5.41) is 12.6. The minimum Gasteiger partial charge on any atom is -0.306 e. The molecule has 0 aliphatic carbocycles. The van der Waals surface area contributed by atoms with Crippen molar-refractivity contribution in [1.82, 2.24) is 19.7 Å². The molecule has 0 atom stereocenters. The van der Waals surface area contributed by atoms with Crippen molar-refractivity contribution in [1.29, 1.82) is 0 Å². The highest BCUT2D eigenvalue weighted by Gasteiger charge is 2.15. The van der Waals surface area contributed by atoms with Gasteiger partial charge in [-0.05, 0) is 37.1 Å². The van der Waals surface area contributed by atoms with Crippen LogP contribution in [0.25, 0.3) is 10.6 Å². The van der Waals surface area contributed by atoms with E-state index in [0.29, 0.717) is 0 Å². The van der Waals surface area contributed by atoms with Crippen molar-refractivity contribution >= 4 is 23.1 Å². The van der Waals surface area contributed by atoms with Crippen LogP contribution in [0, 0.1) is 5.82 Å². The average Bonchev–Trinajstić information content (AvgIpc) is 3.15. The second-order valence-electron chi connectivity index (χ2n) is 5.80. The van der Waals surface area contributed by atoms with E-state index < -0.39 is 0 Å². The minimum absolute atomic E-state index is 0.224. The van der Waals surface area contributed by atoms with Gasteiger partial charge in [-0.1, -0.05) is 18.2 Å². The molecule has 1 aromatic carbocycles. The van der Waals surface area contributed by atoms with E-state index in [1.54, 1.807) is 35.2 Å². The van der Waals surface area contributed by atoms with Crippen LogP contribution >= 0.6 is 23.1 Å². The largest absolute Gasteiger partial charge is 0.306 e. The van der Waals surface area contributed by atoms with E-state index in [4.69, 9.17) is 0 Å². The molecule has 1 aliphatic heterocycles. The number of hydrogen-bond acceptors (Lipinski definition) is 5. The number of aryl methyl sites for hydroxylation is 1. The number of fused-ring (bicyclic) bond motifs is 1. The van der Waals surface area contributed by atoms with Gasteiger partial charge >= 0.3 is 0 Å². The summed E-state index contributed by atoms with van der Waals surface area (Å²) in [4.78, 5) is 4.66. The predicted molar refractivity (Wildman–Crippen MR) is 94.6 cm³/mol. The van der Waals surface area contributed by atoms with Crippen LogP contribution in [0.1, 0.15) is 30.8 Å². The number of benzene rings is 1. The Kier molecular flexibility index (Phi) is 4.62. The molecule has 0 bridgehead atoms. The highest BCUT2D eigenvalue weighted by molar-refractivity contribution is 7.98. The number of thioether (sulfide) groups is 1. The summed E-state index contributed by atoms with van der Waals surface area (Å²) < 4.78 is 15.3. The van der Waals surface area contributed by atoms with Crippen molar-refractivity contribution in [2.45, 2.75) is 43.1 Å². The lowest BCUT2D eigenvalue weighted by Gasteiger charge is -2.05. The smallest absolute Gasteiger partial charge is 0.191 e. The Balaban J connectivity index is 1.45. The van der Waals surface area contributed by atoms with Gasteiger partial charge in [0, 0.05) is 29.7 Å². The third-order valence-corrected chi connectivity index (χ3v) is 6.01. The summed E-state index contributed by atoms with van der Waals surface area (Å²) in [6, 6.07) is 6.47. The van der Waals surface area contributed by atoms with Gasteiger partial charge in [0.15, 0.2) is 5.16 Å². The number of aromatic nitrogens is 4. The van der Waals surface area contributed by atoms with Crippen LogP contribution in [0.3, 0.4) is 0 Å². The maximum atomic E-state index is 13.0. The zero-order chi connectivity index (χ0) is 16.4. The van der Waals surface area contributed by atoms with Gasteiger partial charge in [-0.2, -0.15) is 0 Å². The quantitative estimate of drug-likeness (QED) is 0.640. The van der Waals surface area contributed by atoms with Crippen LogP contribution in [0.15, 0.2) is 34.8 Å². The van der Waals surface area contributed by atoms with E-state index in [1.165, 1.54) is 31.4 Å². The Labute approximate surface area is 148 Å². The van der Waals surface area contributed by atoms with Gasteiger partial charge in [0.2, 0.25) is 0 Å². The molecule has 0 fully saturated rings. The number of hydrogen-bond donors (Lipinski definition) is 0. The van der Waals surface area contributed by atoms with Crippen LogP contribution < -0.4 is 0 Å². The average molecular weight is 360 g/mol. The van der Waals surface area contributed by atoms with Gasteiger partial charge in [0.25, 0.3) is 0 Å². The summed E-state index contributed by atoms with van der Waals surface area (Å²) in [6.45, 7) is 1.02. The van der Waals surface area contributed by atoms with Crippen LogP contribution in [0.5, 0.6) is 0 Å². The van der Waals surface area contributed by atoms with Crippen LogP contribution in [-0.4, -0.2) is 19.7 Å². The molecular weight excluding hydrogens is 343 g/mol. The molecule has 0 saturated carbocycles. The second kappa shape index (κ2) is 7.03. The molecular formula is C17H17FN4S2. The molecule has 2 aromatic heterocycles. The van der Waals surface area contributed by atoms with E-state index in [0.717, 1.165) is 46.0 Å². The monoisotopic (exact) mass is 360 g/mol. The lowest BCUT2D eigenvalue weighted by molar-refractivity contribution is 0.591. The first-order valence-electron chi connectivity index (χ1n) is 8.05. The maximum absolute atomic E-state index is 13.0. The maximum Gasteiger partial charge on any atom is 0.191 e. The molecule has 7 heteroatoms. The van der Waals surface area contributed by atoms with Crippen LogP contribution in [0.4, 0.5) is 4.39 Å². The number of rotatable bonds is 4. The first-order chi connectivity index (χ1) is 11.8. The molecule has 0 unspecified atom stereocenters. The van der Waals surface area contributed by atoms with Crippen molar-refractivity contribution in [2.75, 3.05) is 0 Å². The molecule has 0 saturated heterocycles. The molecule has 3 aromatic rings. The Morgan fingerprint density at radius 3 is 2.88 bits per heavy atom. The lowest BCUT2D eigenvalue weighted by atomic mass is 10.2. The van der Waals surface area contributed by atoms with E-state index >= 15 is 0 Å². The van der Waals surface area contributed by atoms with Gasteiger partial charge < -0.3 is 4.57 Å². The molecule has 3 heterocycles. The van der Waals surface area contributed by atoms with Gasteiger partial charge in [0.1, 0.15) is 16.6 Å². The molecule has 1 aliphatic rings. The number of thiazole rings is 1. The van der Waals surface area contributed by atoms with E-state index in [9.17, 15) is 4.39 Å². The number of nitrogens with zero attached hydrogens (tertiary/aromatic N) is 4. The van der Waals surface area contributed by atoms with Crippen molar-refractivity contribution < 1.29 is 4.39 Å². The standard InChI is InChI=1S/C17H17FN4S2/c18-13-7-5-12(6-8-13)16-19-14(10-23-16)11-24-17-21-20-15-4-2-1-3-9-22(15)17/h5-8,10H,1-4,9,11H2. The van der Waals surface area contributed by atoms with Crippen molar-refractivity contribution in [3.63, 3.8) is 0 Å². The van der Waals surface area contributed by atoms with Gasteiger partial charge in [-0.25, -0.2) is 9.37 Å². The van der Waals surface area contributed by atoms with Crippen LogP contribution in [-0.2, 0) is 18.7 Å². The Hall–Kier alpha value is -1.73. The highest BCUT2D eigenvalue weighted by Crippen LogP contribution is 2.28. The van der Waals surface area contributed by atoms with Crippen molar-refractivity contribution in [3.05, 3.63) is 47.0 Å². The molecule has 0 spiro atoms. The Morgan fingerprint density at radius 2 is 2.00 bits per heavy atom. The zero-order valence-corrected chi connectivity index (χ0v) is 14.7. The minimum atomic E-state index is -0.224. The normalized spacial score (nSPS) is 14.4. The molecule has 24 heavy (non-hydrogen) atoms.